The standard InChI is InChI=1S/C27H27N3O/c1-3-20-11-7-9-15-24(20)29-18-22(17-26(29)31)27-28-23-14-8-10-16-25(23)30(27)19(2)21-12-5-4-6-13-21/h4-16,19,22H,3,17-18H2,1-2H3/t19-,22-/m0/s1. The van der Waals surface area contributed by atoms with Gasteiger partial charge in [-0.3, -0.25) is 4.79 Å². The fourth-order valence-corrected chi connectivity index (χ4v) is 4.83. The Morgan fingerprint density at radius 2 is 1.68 bits per heavy atom. The lowest BCUT2D eigenvalue weighted by Gasteiger charge is -2.22. The molecule has 1 fully saturated rings. The summed E-state index contributed by atoms with van der Waals surface area (Å²) in [6.07, 6.45) is 1.40. The number of anilines is 1. The van der Waals surface area contributed by atoms with Crippen molar-refractivity contribution >= 4 is 22.6 Å². The van der Waals surface area contributed by atoms with Crippen molar-refractivity contribution in [2.24, 2.45) is 0 Å². The van der Waals surface area contributed by atoms with E-state index in [1.165, 1.54) is 11.1 Å². The second kappa shape index (κ2) is 8.03. The Hall–Kier alpha value is -3.40. The summed E-state index contributed by atoms with van der Waals surface area (Å²) in [5, 5.41) is 0. The molecule has 2 atom stereocenters. The Labute approximate surface area is 183 Å². The second-order valence-electron chi connectivity index (χ2n) is 8.30. The van der Waals surface area contributed by atoms with Crippen LogP contribution in [0.4, 0.5) is 5.69 Å². The molecule has 4 aromatic rings. The molecule has 5 rings (SSSR count). The number of carbonyl (C=O) groups excluding carboxylic acids is 1. The zero-order valence-corrected chi connectivity index (χ0v) is 18.0. The van der Waals surface area contributed by atoms with Crippen LogP contribution in [0.3, 0.4) is 0 Å². The number of fused-ring (bicyclic) bond motifs is 1. The van der Waals surface area contributed by atoms with Crippen LogP contribution >= 0.6 is 0 Å². The van der Waals surface area contributed by atoms with Crippen LogP contribution < -0.4 is 4.90 Å². The van der Waals surface area contributed by atoms with Crippen molar-refractivity contribution in [1.29, 1.82) is 0 Å². The van der Waals surface area contributed by atoms with E-state index in [0.717, 1.165) is 29.0 Å². The third-order valence-corrected chi connectivity index (χ3v) is 6.45. The first-order valence-corrected chi connectivity index (χ1v) is 11.1. The number of aromatic nitrogens is 2. The highest BCUT2D eigenvalue weighted by Crippen LogP contribution is 2.37. The van der Waals surface area contributed by atoms with Crippen molar-refractivity contribution in [2.75, 3.05) is 11.4 Å². The Bertz CT molecular complexity index is 1230. The largest absolute Gasteiger partial charge is 0.320 e. The van der Waals surface area contributed by atoms with Gasteiger partial charge in [0.1, 0.15) is 5.82 Å². The van der Waals surface area contributed by atoms with Gasteiger partial charge in [0.25, 0.3) is 0 Å². The normalized spacial score (nSPS) is 17.4. The molecule has 2 heterocycles. The highest BCUT2D eigenvalue weighted by Gasteiger charge is 2.36. The molecule has 1 aliphatic heterocycles. The molecule has 4 heteroatoms. The molecule has 1 amide bonds. The molecular formula is C27H27N3O. The van der Waals surface area contributed by atoms with E-state index >= 15 is 0 Å². The molecule has 31 heavy (non-hydrogen) atoms. The van der Waals surface area contributed by atoms with Crippen molar-refractivity contribution in [3.8, 4) is 0 Å². The molecule has 0 radical (unpaired) electrons. The van der Waals surface area contributed by atoms with Crippen LogP contribution in [0.25, 0.3) is 11.0 Å². The third kappa shape index (κ3) is 3.42. The summed E-state index contributed by atoms with van der Waals surface area (Å²) in [4.78, 5) is 20.1. The predicted octanol–water partition coefficient (Wildman–Crippen LogP) is 5.73. The fraction of sp³-hybridized carbons (Fsp3) is 0.259. The number of benzene rings is 3. The van der Waals surface area contributed by atoms with Crippen molar-refractivity contribution < 1.29 is 4.79 Å². The summed E-state index contributed by atoms with van der Waals surface area (Å²) in [6.45, 7) is 5.02. The van der Waals surface area contributed by atoms with Crippen LogP contribution in [0, 0.1) is 0 Å². The van der Waals surface area contributed by atoms with Gasteiger partial charge in [-0.15, -0.1) is 0 Å². The number of nitrogens with zero attached hydrogens (tertiary/aromatic N) is 3. The van der Waals surface area contributed by atoms with E-state index in [4.69, 9.17) is 4.98 Å². The minimum atomic E-state index is 0.0657. The van der Waals surface area contributed by atoms with Gasteiger partial charge in [-0.1, -0.05) is 67.6 Å². The lowest BCUT2D eigenvalue weighted by Crippen LogP contribution is -2.25. The number of amides is 1. The van der Waals surface area contributed by atoms with Crippen LogP contribution in [0.1, 0.15) is 49.2 Å². The van der Waals surface area contributed by atoms with Gasteiger partial charge in [-0.25, -0.2) is 4.98 Å². The second-order valence-corrected chi connectivity index (χ2v) is 8.30. The zero-order valence-electron chi connectivity index (χ0n) is 18.0. The molecule has 0 aliphatic carbocycles. The molecule has 4 nitrogen and oxygen atoms in total. The number of aryl methyl sites for hydroxylation is 1. The molecule has 1 aliphatic rings. The summed E-state index contributed by atoms with van der Waals surface area (Å²) >= 11 is 0. The van der Waals surface area contributed by atoms with E-state index in [1.807, 2.05) is 29.2 Å². The number of para-hydroxylation sites is 3. The molecule has 0 bridgehead atoms. The summed E-state index contributed by atoms with van der Waals surface area (Å²) in [5.74, 6) is 1.25. The fourth-order valence-electron chi connectivity index (χ4n) is 4.83. The Kier molecular flexibility index (Phi) is 5.06. The van der Waals surface area contributed by atoms with Gasteiger partial charge < -0.3 is 9.47 Å². The first kappa shape index (κ1) is 19.6. The molecule has 0 spiro atoms. The van der Waals surface area contributed by atoms with Gasteiger partial charge in [0.15, 0.2) is 0 Å². The molecule has 1 saturated heterocycles. The van der Waals surface area contributed by atoms with Crippen molar-refractivity contribution in [1.82, 2.24) is 9.55 Å². The molecule has 0 unspecified atom stereocenters. The molecule has 3 aromatic carbocycles. The van der Waals surface area contributed by atoms with Gasteiger partial charge in [0, 0.05) is 24.6 Å². The first-order valence-electron chi connectivity index (χ1n) is 11.1. The van der Waals surface area contributed by atoms with Crippen molar-refractivity contribution in [3.05, 3.63) is 95.8 Å². The topological polar surface area (TPSA) is 38.1 Å². The summed E-state index contributed by atoms with van der Waals surface area (Å²) in [5.41, 5.74) is 5.59. The summed E-state index contributed by atoms with van der Waals surface area (Å²) < 4.78 is 2.33. The van der Waals surface area contributed by atoms with Crippen LogP contribution in [-0.4, -0.2) is 22.0 Å². The van der Waals surface area contributed by atoms with Gasteiger partial charge >= 0.3 is 0 Å². The Morgan fingerprint density at radius 3 is 2.48 bits per heavy atom. The molecule has 156 valence electrons. The number of imidazole rings is 1. The quantitative estimate of drug-likeness (QED) is 0.422. The SMILES string of the molecule is CCc1ccccc1N1C[C@@H](c2nc3ccccc3n2[C@@H](C)c2ccccc2)CC1=O. The highest BCUT2D eigenvalue weighted by molar-refractivity contribution is 5.97. The van der Waals surface area contributed by atoms with Gasteiger partial charge in [0.2, 0.25) is 5.91 Å². The first-order chi connectivity index (χ1) is 15.2. The summed E-state index contributed by atoms with van der Waals surface area (Å²) in [6, 6.07) is 27.2. The zero-order chi connectivity index (χ0) is 21.4. The Morgan fingerprint density at radius 1 is 0.968 bits per heavy atom. The van der Waals surface area contributed by atoms with E-state index < -0.39 is 0 Å². The maximum Gasteiger partial charge on any atom is 0.227 e. The van der Waals surface area contributed by atoms with Crippen molar-refractivity contribution in [2.45, 2.75) is 38.6 Å². The van der Waals surface area contributed by atoms with Gasteiger partial charge in [0.05, 0.1) is 17.1 Å². The third-order valence-electron chi connectivity index (χ3n) is 6.45. The Balaban J connectivity index is 1.57. The minimum Gasteiger partial charge on any atom is -0.320 e. The van der Waals surface area contributed by atoms with E-state index in [0.29, 0.717) is 13.0 Å². The average molecular weight is 410 g/mol. The highest BCUT2D eigenvalue weighted by atomic mass is 16.2. The molecular weight excluding hydrogens is 382 g/mol. The van der Waals surface area contributed by atoms with Gasteiger partial charge in [-0.05, 0) is 42.7 Å². The number of hydrogen-bond donors (Lipinski definition) is 0. The predicted molar refractivity (Wildman–Crippen MR) is 126 cm³/mol. The minimum absolute atomic E-state index is 0.0657. The van der Waals surface area contributed by atoms with E-state index in [1.54, 1.807) is 0 Å². The van der Waals surface area contributed by atoms with Gasteiger partial charge in [-0.2, -0.15) is 0 Å². The average Bonchev–Trinajstić information content (AvgIpc) is 3.39. The molecule has 0 N–H and O–H groups in total. The maximum atomic E-state index is 13.1. The van der Waals surface area contributed by atoms with E-state index in [2.05, 4.69) is 73.0 Å². The maximum absolute atomic E-state index is 13.1. The lowest BCUT2D eigenvalue weighted by atomic mass is 10.0. The lowest BCUT2D eigenvalue weighted by molar-refractivity contribution is -0.117. The molecule has 1 aromatic heterocycles. The van der Waals surface area contributed by atoms with Crippen LogP contribution in [0.5, 0.6) is 0 Å². The smallest absolute Gasteiger partial charge is 0.227 e. The molecule has 0 saturated carbocycles. The van der Waals surface area contributed by atoms with Crippen LogP contribution in [0.2, 0.25) is 0 Å². The number of rotatable bonds is 5. The van der Waals surface area contributed by atoms with E-state index in [-0.39, 0.29) is 17.9 Å². The van der Waals surface area contributed by atoms with Crippen LogP contribution in [0.15, 0.2) is 78.9 Å². The summed E-state index contributed by atoms with van der Waals surface area (Å²) in [7, 11) is 0. The number of hydrogen-bond acceptors (Lipinski definition) is 2. The monoisotopic (exact) mass is 409 g/mol. The van der Waals surface area contributed by atoms with Crippen molar-refractivity contribution in [3.63, 3.8) is 0 Å². The van der Waals surface area contributed by atoms with E-state index in [9.17, 15) is 4.79 Å². The van der Waals surface area contributed by atoms with Crippen LogP contribution in [-0.2, 0) is 11.2 Å². The number of carbonyl (C=O) groups is 1.